The van der Waals surface area contributed by atoms with Gasteiger partial charge >= 0.3 is 12.1 Å². The highest BCUT2D eigenvalue weighted by molar-refractivity contribution is 6.38. The number of urea groups is 1. The van der Waals surface area contributed by atoms with Crippen LogP contribution in [0.25, 0.3) is 0 Å². The Morgan fingerprint density at radius 2 is 1.62 bits per heavy atom. The lowest BCUT2D eigenvalue weighted by atomic mass is 9.70. The molecule has 0 aromatic carbocycles. The molecular formula is C34H56N6O7. The van der Waals surface area contributed by atoms with Gasteiger partial charge in [0.25, 0.3) is 5.91 Å². The van der Waals surface area contributed by atoms with Gasteiger partial charge in [0.2, 0.25) is 17.6 Å². The van der Waals surface area contributed by atoms with E-state index in [2.05, 4.69) is 33.2 Å². The van der Waals surface area contributed by atoms with Crippen molar-refractivity contribution < 1.29 is 33.5 Å². The van der Waals surface area contributed by atoms with E-state index in [4.69, 9.17) is 4.74 Å². The number of ketones is 1. The van der Waals surface area contributed by atoms with Crippen LogP contribution < -0.4 is 26.6 Å². The Bertz CT molecular complexity index is 1190. The number of hydrogen-bond acceptors (Lipinski definition) is 7. The van der Waals surface area contributed by atoms with Crippen LogP contribution in [0.3, 0.4) is 0 Å². The minimum atomic E-state index is -1.11. The molecule has 1 heterocycles. The second-order valence-corrected chi connectivity index (χ2v) is 14.7. The van der Waals surface area contributed by atoms with Crippen molar-refractivity contribution in [2.24, 2.45) is 28.6 Å². The first-order chi connectivity index (χ1) is 22.1. The van der Waals surface area contributed by atoms with Gasteiger partial charge in [0, 0.05) is 19.6 Å². The van der Waals surface area contributed by atoms with Crippen molar-refractivity contribution in [3.63, 3.8) is 0 Å². The number of nitrogens with one attached hydrogen (secondary N) is 5. The normalized spacial score (nSPS) is 24.8. The Hall–Kier alpha value is -3.64. The number of carbonyl (C=O) groups is 6. The molecule has 5 N–H and O–H groups in total. The largest absolute Gasteiger partial charge is 0.447 e. The van der Waals surface area contributed by atoms with Gasteiger partial charge < -0.3 is 36.2 Å². The molecule has 3 fully saturated rings. The van der Waals surface area contributed by atoms with Gasteiger partial charge in [0.1, 0.15) is 24.7 Å². The van der Waals surface area contributed by atoms with Crippen molar-refractivity contribution >= 4 is 35.6 Å². The van der Waals surface area contributed by atoms with E-state index in [1.807, 2.05) is 34.6 Å². The molecule has 13 heteroatoms. The molecule has 0 bridgehead atoms. The summed E-state index contributed by atoms with van der Waals surface area (Å²) in [7, 11) is 0. The molecule has 0 spiro atoms. The number of rotatable bonds is 14. The van der Waals surface area contributed by atoms with Crippen LogP contribution >= 0.6 is 0 Å². The highest BCUT2D eigenvalue weighted by Crippen LogP contribution is 2.55. The number of alkyl carbamates (subject to hydrolysis) is 1. The third kappa shape index (κ3) is 9.25. The summed E-state index contributed by atoms with van der Waals surface area (Å²) in [6.07, 6.45) is 5.25. The molecule has 264 valence electrons. The first-order valence-electron chi connectivity index (χ1n) is 17.1. The molecule has 3 rings (SSSR count). The number of nitrogens with zero attached hydrogens (tertiary/aromatic N) is 1. The quantitative estimate of drug-likeness (QED) is 0.141. The van der Waals surface area contributed by atoms with Gasteiger partial charge in [-0.2, -0.15) is 0 Å². The Labute approximate surface area is 279 Å². The lowest BCUT2D eigenvalue weighted by molar-refractivity contribution is -0.145. The van der Waals surface area contributed by atoms with E-state index in [-0.39, 0.29) is 43.2 Å². The maximum absolute atomic E-state index is 14.6. The Kier molecular flexibility index (Phi) is 12.8. The first-order valence-corrected chi connectivity index (χ1v) is 17.1. The monoisotopic (exact) mass is 660 g/mol. The molecule has 0 radical (unpaired) electrons. The summed E-state index contributed by atoms with van der Waals surface area (Å²) < 4.78 is 5.34. The molecule has 5 unspecified atom stereocenters. The van der Waals surface area contributed by atoms with Crippen molar-refractivity contribution in [3.8, 4) is 0 Å². The molecule has 1 saturated heterocycles. The van der Waals surface area contributed by atoms with E-state index in [0.717, 1.165) is 32.1 Å². The zero-order valence-corrected chi connectivity index (χ0v) is 29.2. The second kappa shape index (κ2) is 16.0. The maximum atomic E-state index is 14.6. The maximum Gasteiger partial charge on any atom is 0.407 e. The second-order valence-electron chi connectivity index (χ2n) is 14.7. The molecule has 0 aromatic heterocycles. The average molecular weight is 661 g/mol. The third-order valence-corrected chi connectivity index (χ3v) is 10.2. The van der Waals surface area contributed by atoms with E-state index in [0.29, 0.717) is 13.1 Å². The van der Waals surface area contributed by atoms with Gasteiger partial charge in [0.05, 0.1) is 6.04 Å². The van der Waals surface area contributed by atoms with Crippen molar-refractivity contribution in [1.82, 2.24) is 31.5 Å². The van der Waals surface area contributed by atoms with Crippen LogP contribution in [0.15, 0.2) is 12.7 Å². The predicted molar refractivity (Wildman–Crippen MR) is 177 cm³/mol. The SMILES string of the molecule is C=CCC(NC(=O)C1[C@H]2C(C)[C@H]2CN1C(=O)C(NC(=O)NC(COC(=O)NCC)C(C)(C)C)C1(C)CCCCC1)C(=O)C(=O)NCC. The number of fused-ring (bicyclic) bond motifs is 1. The van der Waals surface area contributed by atoms with Crippen molar-refractivity contribution in [2.45, 2.75) is 111 Å². The standard InChI is InChI=1S/C34H56N6O7/c1-9-15-22(26(41)29(43)35-10-2)37-28(42)25-24-20(4)21(24)18-40(25)30(44)27(34(8)16-13-12-14-17-34)39-31(45)38-23(33(5,6)7)19-47-32(46)36-11-3/h9,20-25,27H,1,10-19H2,2-8H3,(H,35,43)(H,36,46)(H,37,42)(H2,38,39,45)/t20?,21-,22?,23?,24+,25?,27?/m1/s1. The fourth-order valence-corrected chi connectivity index (χ4v) is 7.08. The number of Topliss-reactive ketones (excluding diaryl/α,β-unsaturated/α-hetero) is 1. The minimum absolute atomic E-state index is 0.0604. The van der Waals surface area contributed by atoms with Crippen LogP contribution in [0.5, 0.6) is 0 Å². The van der Waals surface area contributed by atoms with E-state index in [9.17, 15) is 28.8 Å². The molecule has 2 saturated carbocycles. The zero-order valence-electron chi connectivity index (χ0n) is 29.2. The number of amides is 6. The molecule has 2 aliphatic carbocycles. The summed E-state index contributed by atoms with van der Waals surface area (Å²) in [5.41, 5.74) is -1.03. The van der Waals surface area contributed by atoms with Crippen LogP contribution in [0.4, 0.5) is 9.59 Å². The number of ether oxygens (including phenoxy) is 1. The molecule has 1 aliphatic heterocycles. The summed E-state index contributed by atoms with van der Waals surface area (Å²) in [5.74, 6) is -2.15. The van der Waals surface area contributed by atoms with Crippen LogP contribution in [0, 0.1) is 28.6 Å². The number of hydrogen-bond donors (Lipinski definition) is 5. The van der Waals surface area contributed by atoms with Gasteiger partial charge in [-0.1, -0.05) is 60.0 Å². The van der Waals surface area contributed by atoms with Gasteiger partial charge in [-0.05, 0) is 61.7 Å². The van der Waals surface area contributed by atoms with E-state index < -0.39 is 64.7 Å². The number of likely N-dealkylation sites (N-methyl/N-ethyl adjacent to an activating group) is 1. The smallest absolute Gasteiger partial charge is 0.407 e. The lowest BCUT2D eigenvalue weighted by Gasteiger charge is -2.43. The number of likely N-dealkylation sites (tertiary alicyclic amines) is 1. The van der Waals surface area contributed by atoms with Gasteiger partial charge in [0.15, 0.2) is 0 Å². The summed E-state index contributed by atoms with van der Waals surface area (Å²) in [5, 5.41) is 13.7. The highest BCUT2D eigenvalue weighted by atomic mass is 16.5. The summed E-state index contributed by atoms with van der Waals surface area (Å²) in [4.78, 5) is 80.8. The van der Waals surface area contributed by atoms with Gasteiger partial charge in [-0.3, -0.25) is 19.2 Å². The average Bonchev–Trinajstić information content (AvgIpc) is 3.43. The number of carbonyl (C=O) groups excluding carboxylic acids is 6. The molecule has 6 amide bonds. The fraction of sp³-hybridized carbons (Fsp3) is 0.765. The lowest BCUT2D eigenvalue weighted by Crippen LogP contribution is -2.63. The molecule has 0 aromatic rings. The van der Waals surface area contributed by atoms with Crippen LogP contribution in [-0.4, -0.2) is 90.9 Å². The van der Waals surface area contributed by atoms with Gasteiger partial charge in [-0.15, -0.1) is 6.58 Å². The Morgan fingerprint density at radius 3 is 2.19 bits per heavy atom. The molecule has 3 aliphatic rings. The summed E-state index contributed by atoms with van der Waals surface area (Å²) in [6, 6.07) is -3.99. The van der Waals surface area contributed by atoms with Gasteiger partial charge in [-0.25, -0.2) is 9.59 Å². The summed E-state index contributed by atoms with van der Waals surface area (Å²) in [6.45, 7) is 17.9. The number of piperidine rings is 1. The Balaban J connectivity index is 1.85. The van der Waals surface area contributed by atoms with E-state index >= 15 is 0 Å². The van der Waals surface area contributed by atoms with E-state index in [1.165, 1.54) is 6.08 Å². The van der Waals surface area contributed by atoms with Crippen LogP contribution in [-0.2, 0) is 23.9 Å². The molecular weight excluding hydrogens is 604 g/mol. The van der Waals surface area contributed by atoms with Crippen molar-refractivity contribution in [2.75, 3.05) is 26.2 Å². The fourth-order valence-electron chi connectivity index (χ4n) is 7.08. The van der Waals surface area contributed by atoms with Crippen LogP contribution in [0.1, 0.15) is 87.0 Å². The van der Waals surface area contributed by atoms with Crippen molar-refractivity contribution in [1.29, 1.82) is 0 Å². The Morgan fingerprint density at radius 1 is 0.979 bits per heavy atom. The highest BCUT2D eigenvalue weighted by Gasteiger charge is 2.63. The zero-order chi connectivity index (χ0) is 35.1. The minimum Gasteiger partial charge on any atom is -0.447 e. The molecule has 47 heavy (non-hydrogen) atoms. The summed E-state index contributed by atoms with van der Waals surface area (Å²) >= 11 is 0. The predicted octanol–water partition coefficient (Wildman–Crippen LogP) is 2.64. The third-order valence-electron chi connectivity index (χ3n) is 10.2. The van der Waals surface area contributed by atoms with Crippen LogP contribution in [0.2, 0.25) is 0 Å². The first kappa shape index (κ1) is 37.8. The molecule has 7 atom stereocenters. The van der Waals surface area contributed by atoms with E-state index in [1.54, 1.807) is 18.7 Å². The molecule has 13 nitrogen and oxygen atoms in total. The topological polar surface area (TPSA) is 175 Å². The van der Waals surface area contributed by atoms with Crippen molar-refractivity contribution in [3.05, 3.63) is 12.7 Å².